The molecule has 1 aliphatic heterocycles. The number of nitrogens with two attached hydrogens (primary N) is 1. The van der Waals surface area contributed by atoms with E-state index in [-0.39, 0.29) is 0 Å². The molecule has 2 N–H and O–H groups in total. The lowest BCUT2D eigenvalue weighted by molar-refractivity contribution is -0.163. The fourth-order valence-electron chi connectivity index (χ4n) is 0.755. The summed E-state index contributed by atoms with van der Waals surface area (Å²) >= 11 is 0. The molecule has 0 aliphatic carbocycles. The molecule has 0 aromatic rings. The van der Waals surface area contributed by atoms with Crippen molar-refractivity contribution in [3.05, 3.63) is 23.4 Å². The number of sulfonamides is 1. The SMILES string of the molecule is NS(=O)(=O)C1=NC=C=C=C1OCC(F)(F)F. The third-order valence-corrected chi connectivity index (χ3v) is 2.11. The van der Waals surface area contributed by atoms with Crippen molar-refractivity contribution < 1.29 is 26.3 Å². The van der Waals surface area contributed by atoms with Crippen molar-refractivity contribution in [2.45, 2.75) is 6.18 Å². The van der Waals surface area contributed by atoms with Crippen molar-refractivity contribution in [2.75, 3.05) is 6.61 Å². The summed E-state index contributed by atoms with van der Waals surface area (Å²) in [6.45, 7) is -1.66. The molecule has 1 heterocycles. The normalized spacial score (nSPS) is 15.8. The summed E-state index contributed by atoms with van der Waals surface area (Å²) < 4.78 is 61.4. The van der Waals surface area contributed by atoms with Crippen LogP contribution in [-0.2, 0) is 14.8 Å². The Morgan fingerprint density at radius 2 is 2.12 bits per heavy atom. The van der Waals surface area contributed by atoms with Crippen LogP contribution in [-0.4, -0.2) is 26.2 Å². The number of alkyl halides is 3. The molecule has 0 saturated heterocycles. The minimum absolute atomic E-state index is 0.706. The molecule has 5 nitrogen and oxygen atoms in total. The van der Waals surface area contributed by atoms with Crippen LogP contribution < -0.4 is 5.14 Å². The second kappa shape index (κ2) is 4.15. The maximum atomic E-state index is 11.8. The Balaban J connectivity index is 2.92. The van der Waals surface area contributed by atoms with Gasteiger partial charge < -0.3 is 4.74 Å². The molecule has 0 aromatic carbocycles. The lowest BCUT2D eigenvalue weighted by Gasteiger charge is -2.11. The van der Waals surface area contributed by atoms with Gasteiger partial charge in [-0.2, -0.15) is 13.2 Å². The molecule has 1 rings (SSSR count). The first kappa shape index (κ1) is 12.5. The molecule has 9 heteroatoms. The van der Waals surface area contributed by atoms with Gasteiger partial charge in [0.2, 0.25) is 10.8 Å². The Morgan fingerprint density at radius 1 is 1.50 bits per heavy atom. The Morgan fingerprint density at radius 3 is 2.62 bits per heavy atom. The molecule has 0 fully saturated rings. The Kier molecular flexibility index (Phi) is 3.25. The highest BCUT2D eigenvalue weighted by Crippen LogP contribution is 2.17. The Labute approximate surface area is 88.5 Å². The van der Waals surface area contributed by atoms with Crippen molar-refractivity contribution in [2.24, 2.45) is 10.1 Å². The lowest BCUT2D eigenvalue weighted by atomic mass is 10.5. The largest absolute Gasteiger partial charge is 0.473 e. The van der Waals surface area contributed by atoms with Crippen LogP contribution >= 0.6 is 0 Å². The fraction of sp³-hybridized carbons (Fsp3) is 0.286. The number of nitrogens with zero attached hydrogens (tertiary/aromatic N) is 1. The smallest absolute Gasteiger partial charge is 0.422 e. The zero-order valence-corrected chi connectivity index (χ0v) is 8.39. The van der Waals surface area contributed by atoms with E-state index in [2.05, 4.69) is 15.5 Å². The van der Waals surface area contributed by atoms with Crippen LogP contribution in [0.1, 0.15) is 0 Å². The van der Waals surface area contributed by atoms with Gasteiger partial charge in [0.25, 0.3) is 10.0 Å². The van der Waals surface area contributed by atoms with Gasteiger partial charge in [0.1, 0.15) is 0 Å². The van der Waals surface area contributed by atoms with Crippen LogP contribution in [0.3, 0.4) is 0 Å². The van der Waals surface area contributed by atoms with Crippen LogP contribution in [0.2, 0.25) is 0 Å². The van der Waals surface area contributed by atoms with E-state index in [0.29, 0.717) is 0 Å². The van der Waals surface area contributed by atoms with E-state index in [4.69, 9.17) is 5.14 Å². The van der Waals surface area contributed by atoms with Crippen LogP contribution in [0.4, 0.5) is 13.2 Å². The molecular weight excluding hydrogens is 249 g/mol. The first-order valence-corrected chi connectivity index (χ1v) is 5.25. The number of aliphatic imine (C=N–C) groups is 1. The maximum Gasteiger partial charge on any atom is 0.422 e. The Hall–Kier alpha value is -1.53. The third-order valence-electron chi connectivity index (χ3n) is 1.28. The molecule has 0 saturated carbocycles. The van der Waals surface area contributed by atoms with E-state index in [1.807, 2.05) is 5.73 Å². The minimum atomic E-state index is -4.60. The molecule has 0 amide bonds. The van der Waals surface area contributed by atoms with E-state index in [1.165, 1.54) is 0 Å². The molecule has 0 bridgehead atoms. The van der Waals surface area contributed by atoms with Crippen molar-refractivity contribution in [1.82, 2.24) is 0 Å². The molecule has 0 atom stereocenters. The number of halogens is 3. The standard InChI is InChI=1S/C7H5F3N2O3S/c8-7(9,10)4-15-5-2-1-3-12-6(5)16(11,13)14/h3H,4H2,(H2,11,13,14). The number of primary sulfonamides is 1. The first-order chi connectivity index (χ1) is 7.20. The van der Waals surface area contributed by atoms with Gasteiger partial charge in [0.15, 0.2) is 6.61 Å². The maximum absolute atomic E-state index is 11.8. The van der Waals surface area contributed by atoms with Crippen LogP contribution in [0.5, 0.6) is 0 Å². The highest BCUT2D eigenvalue weighted by molar-refractivity contribution is 8.05. The summed E-state index contributed by atoms with van der Waals surface area (Å²) in [5.41, 5.74) is 4.21. The number of rotatable bonds is 2. The van der Waals surface area contributed by atoms with E-state index in [9.17, 15) is 21.6 Å². The summed E-state index contributed by atoms with van der Waals surface area (Å²) in [6, 6.07) is 0. The van der Waals surface area contributed by atoms with Gasteiger partial charge in [-0.15, -0.1) is 0 Å². The highest BCUT2D eigenvalue weighted by Gasteiger charge is 2.31. The summed E-state index contributed by atoms with van der Waals surface area (Å²) in [4.78, 5) is 3.26. The van der Waals surface area contributed by atoms with Crippen molar-refractivity contribution >= 4 is 15.1 Å². The van der Waals surface area contributed by atoms with Crippen molar-refractivity contribution in [1.29, 1.82) is 0 Å². The quantitative estimate of drug-likeness (QED) is 0.725. The number of hydrogen-bond donors (Lipinski definition) is 1. The second-order valence-electron chi connectivity index (χ2n) is 2.61. The molecule has 0 spiro atoms. The first-order valence-electron chi connectivity index (χ1n) is 3.71. The monoisotopic (exact) mass is 254 g/mol. The molecule has 0 aromatic heterocycles. The van der Waals surface area contributed by atoms with Crippen LogP contribution in [0, 0.1) is 0 Å². The zero-order valence-electron chi connectivity index (χ0n) is 7.58. The van der Waals surface area contributed by atoms with Crippen LogP contribution in [0.15, 0.2) is 28.4 Å². The lowest BCUT2D eigenvalue weighted by Crippen LogP contribution is -2.28. The molecule has 1 aliphatic rings. The van der Waals surface area contributed by atoms with E-state index in [1.54, 1.807) is 0 Å². The van der Waals surface area contributed by atoms with Crippen molar-refractivity contribution in [3.63, 3.8) is 0 Å². The summed E-state index contributed by atoms with van der Waals surface area (Å²) in [5.74, 6) is -0.706. The van der Waals surface area contributed by atoms with E-state index in [0.717, 1.165) is 6.20 Å². The molecular formula is C7H5F3N2O3S. The predicted molar refractivity (Wildman–Crippen MR) is 47.7 cm³/mol. The fourth-order valence-corrected chi connectivity index (χ4v) is 1.32. The Bertz CT molecular complexity index is 520. The van der Waals surface area contributed by atoms with E-state index >= 15 is 0 Å². The topological polar surface area (TPSA) is 81.8 Å². The summed E-state index contributed by atoms with van der Waals surface area (Å²) in [6.07, 6.45) is -3.69. The van der Waals surface area contributed by atoms with Gasteiger partial charge in [-0.05, 0) is 11.5 Å². The zero-order chi connectivity index (χ0) is 12.4. The molecule has 0 radical (unpaired) electrons. The van der Waals surface area contributed by atoms with Gasteiger partial charge in [-0.1, -0.05) is 0 Å². The second-order valence-corrected chi connectivity index (χ2v) is 4.09. The number of ether oxygens (including phenoxy) is 1. The van der Waals surface area contributed by atoms with Crippen LogP contribution in [0.25, 0.3) is 0 Å². The van der Waals surface area contributed by atoms with Gasteiger partial charge in [0, 0.05) is 0 Å². The van der Waals surface area contributed by atoms with E-state index < -0.39 is 33.6 Å². The minimum Gasteiger partial charge on any atom is -0.473 e. The van der Waals surface area contributed by atoms with Crippen molar-refractivity contribution in [3.8, 4) is 0 Å². The molecule has 16 heavy (non-hydrogen) atoms. The molecule has 88 valence electrons. The van der Waals surface area contributed by atoms with Gasteiger partial charge in [-0.25, -0.2) is 18.5 Å². The molecule has 0 unspecified atom stereocenters. The third kappa shape index (κ3) is 3.56. The highest BCUT2D eigenvalue weighted by atomic mass is 32.2. The summed E-state index contributed by atoms with van der Waals surface area (Å²) in [5, 5.41) is 3.90. The van der Waals surface area contributed by atoms with Gasteiger partial charge in [0.05, 0.1) is 6.20 Å². The average molecular weight is 254 g/mol. The van der Waals surface area contributed by atoms with Gasteiger partial charge in [-0.3, -0.25) is 0 Å². The van der Waals surface area contributed by atoms with Gasteiger partial charge >= 0.3 is 6.18 Å². The number of hydrogen-bond acceptors (Lipinski definition) is 4. The average Bonchev–Trinajstić information content (AvgIpc) is 2.12. The predicted octanol–water partition coefficient (Wildman–Crippen LogP) is 0.418. The summed E-state index contributed by atoms with van der Waals surface area (Å²) in [7, 11) is -4.26.